The Morgan fingerprint density at radius 3 is 2.68 bits per heavy atom. The Morgan fingerprint density at radius 2 is 1.97 bits per heavy atom. The van der Waals surface area contributed by atoms with Gasteiger partial charge in [-0.2, -0.15) is 0 Å². The van der Waals surface area contributed by atoms with Gasteiger partial charge in [0.05, 0.1) is 11.3 Å². The Kier molecular flexibility index (Phi) is 6.10. The smallest absolute Gasteiger partial charge is 0.311 e. The monoisotopic (exact) mass is 460 g/mol. The predicted molar refractivity (Wildman–Crippen MR) is 119 cm³/mol. The summed E-state index contributed by atoms with van der Waals surface area (Å²) in [6, 6.07) is 8.89. The predicted octanol–water partition coefficient (Wildman–Crippen LogP) is 3.95. The molecule has 164 valence electrons. The SMILES string of the molecule is CCN(c1cccc(C)c1)S(=O)(=O)c1cc(-c2nnc(C(=O)N3CCCCC3)o2)cs1. The third kappa shape index (κ3) is 4.35. The molecule has 1 aromatic carbocycles. The highest BCUT2D eigenvalue weighted by atomic mass is 32.2. The molecule has 4 rings (SSSR count). The lowest BCUT2D eigenvalue weighted by molar-refractivity contribution is 0.0684. The Morgan fingerprint density at radius 1 is 1.19 bits per heavy atom. The van der Waals surface area contributed by atoms with Crippen molar-refractivity contribution in [3.8, 4) is 11.5 Å². The van der Waals surface area contributed by atoms with Crippen molar-refractivity contribution in [2.45, 2.75) is 37.3 Å². The summed E-state index contributed by atoms with van der Waals surface area (Å²) in [4.78, 5) is 14.3. The van der Waals surface area contributed by atoms with E-state index in [4.69, 9.17) is 4.42 Å². The molecule has 3 aromatic rings. The van der Waals surface area contributed by atoms with Crippen LogP contribution in [0.1, 0.15) is 42.4 Å². The average Bonchev–Trinajstić information content (AvgIpc) is 3.44. The van der Waals surface area contributed by atoms with Gasteiger partial charge in [-0.1, -0.05) is 12.1 Å². The molecule has 10 heteroatoms. The summed E-state index contributed by atoms with van der Waals surface area (Å²) < 4.78 is 33.6. The maximum absolute atomic E-state index is 13.2. The van der Waals surface area contributed by atoms with Crippen molar-refractivity contribution < 1.29 is 17.6 Å². The highest BCUT2D eigenvalue weighted by molar-refractivity contribution is 7.94. The van der Waals surface area contributed by atoms with E-state index < -0.39 is 10.0 Å². The molecule has 1 fully saturated rings. The molecular weight excluding hydrogens is 436 g/mol. The summed E-state index contributed by atoms with van der Waals surface area (Å²) in [7, 11) is -3.75. The van der Waals surface area contributed by atoms with E-state index in [2.05, 4.69) is 10.2 Å². The first-order valence-electron chi connectivity index (χ1n) is 10.2. The number of piperidine rings is 1. The second-order valence-corrected chi connectivity index (χ2v) is 10.4. The van der Waals surface area contributed by atoms with Crippen molar-refractivity contribution in [1.29, 1.82) is 0 Å². The number of carbonyl (C=O) groups is 1. The number of hydrogen-bond donors (Lipinski definition) is 0. The fourth-order valence-corrected chi connectivity index (χ4v) is 6.34. The highest BCUT2D eigenvalue weighted by Gasteiger charge is 2.28. The van der Waals surface area contributed by atoms with Crippen molar-refractivity contribution >= 4 is 33.0 Å². The molecule has 1 aliphatic heterocycles. The van der Waals surface area contributed by atoms with Crippen LogP contribution < -0.4 is 4.31 Å². The third-order valence-electron chi connectivity index (χ3n) is 5.19. The van der Waals surface area contributed by atoms with E-state index in [1.165, 1.54) is 10.4 Å². The van der Waals surface area contributed by atoms with Crippen molar-refractivity contribution in [3.63, 3.8) is 0 Å². The molecule has 1 saturated heterocycles. The van der Waals surface area contributed by atoms with Crippen molar-refractivity contribution in [3.05, 3.63) is 47.2 Å². The van der Waals surface area contributed by atoms with E-state index in [9.17, 15) is 13.2 Å². The van der Waals surface area contributed by atoms with Crippen molar-refractivity contribution in [1.82, 2.24) is 15.1 Å². The standard InChI is InChI=1S/C21H24N4O4S2/c1-3-25(17-9-7-8-15(2)12-17)31(27,28)18-13-16(14-30-18)19-22-23-20(29-19)21(26)24-10-5-4-6-11-24/h7-9,12-14H,3-6,10-11H2,1-2H3. The Hall–Kier alpha value is -2.72. The molecule has 0 unspecified atom stereocenters. The number of aryl methyl sites for hydroxylation is 1. The number of hydrogen-bond acceptors (Lipinski definition) is 7. The second-order valence-electron chi connectivity index (χ2n) is 7.43. The molecule has 0 bridgehead atoms. The summed E-state index contributed by atoms with van der Waals surface area (Å²) >= 11 is 1.09. The zero-order chi connectivity index (χ0) is 22.0. The Balaban J connectivity index is 1.58. The number of thiophene rings is 1. The van der Waals surface area contributed by atoms with Gasteiger partial charge in [-0.05, 0) is 56.9 Å². The van der Waals surface area contributed by atoms with Crippen LogP contribution in [-0.4, -0.2) is 49.1 Å². The van der Waals surface area contributed by atoms with Gasteiger partial charge in [0, 0.05) is 25.0 Å². The van der Waals surface area contributed by atoms with Gasteiger partial charge in [-0.25, -0.2) is 8.42 Å². The Labute approximate surface area is 185 Å². The van der Waals surface area contributed by atoms with E-state index in [1.807, 2.05) is 25.1 Å². The van der Waals surface area contributed by atoms with Crippen molar-refractivity contribution in [2.75, 3.05) is 23.9 Å². The number of sulfonamides is 1. The summed E-state index contributed by atoms with van der Waals surface area (Å²) in [5.41, 5.74) is 2.08. The van der Waals surface area contributed by atoms with Gasteiger partial charge >= 0.3 is 11.8 Å². The van der Waals surface area contributed by atoms with E-state index >= 15 is 0 Å². The molecule has 0 aliphatic carbocycles. The van der Waals surface area contributed by atoms with Gasteiger partial charge in [0.15, 0.2) is 0 Å². The minimum Gasteiger partial charge on any atom is -0.412 e. The molecule has 31 heavy (non-hydrogen) atoms. The number of aromatic nitrogens is 2. The van der Waals surface area contributed by atoms with Gasteiger partial charge < -0.3 is 9.32 Å². The molecule has 0 radical (unpaired) electrons. The van der Waals surface area contributed by atoms with Gasteiger partial charge in [-0.3, -0.25) is 9.10 Å². The van der Waals surface area contributed by atoms with E-state index in [0.29, 0.717) is 30.9 Å². The quantitative estimate of drug-likeness (QED) is 0.553. The molecule has 8 nitrogen and oxygen atoms in total. The number of benzene rings is 1. The van der Waals surface area contributed by atoms with E-state index in [1.54, 1.807) is 23.3 Å². The van der Waals surface area contributed by atoms with Crippen LogP contribution >= 0.6 is 11.3 Å². The summed E-state index contributed by atoms with van der Waals surface area (Å²) in [5.74, 6) is -0.211. The van der Waals surface area contributed by atoms with Crippen LogP contribution in [0.5, 0.6) is 0 Å². The van der Waals surface area contributed by atoms with Crippen LogP contribution in [0.2, 0.25) is 0 Å². The molecule has 0 atom stereocenters. The molecule has 0 saturated carbocycles. The highest BCUT2D eigenvalue weighted by Crippen LogP contribution is 2.32. The van der Waals surface area contributed by atoms with Crippen molar-refractivity contribution in [2.24, 2.45) is 0 Å². The first kappa shape index (κ1) is 21.5. The molecule has 3 heterocycles. The third-order valence-corrected chi connectivity index (χ3v) is 8.51. The average molecular weight is 461 g/mol. The fraction of sp³-hybridized carbons (Fsp3) is 0.381. The van der Waals surface area contributed by atoms with Gasteiger partial charge in [0.1, 0.15) is 4.21 Å². The minimum atomic E-state index is -3.75. The van der Waals surface area contributed by atoms with Crippen LogP contribution in [0.15, 0.2) is 44.3 Å². The molecule has 0 spiro atoms. The summed E-state index contributed by atoms with van der Waals surface area (Å²) in [6.07, 6.45) is 3.04. The zero-order valence-electron chi connectivity index (χ0n) is 17.4. The first-order chi connectivity index (χ1) is 14.9. The normalized spacial score (nSPS) is 14.6. The number of anilines is 1. The maximum atomic E-state index is 13.2. The number of carbonyl (C=O) groups excluding carboxylic acids is 1. The van der Waals surface area contributed by atoms with E-state index in [0.717, 1.165) is 36.2 Å². The summed E-state index contributed by atoms with van der Waals surface area (Å²) in [5, 5.41) is 9.50. The molecular formula is C21H24N4O4S2. The van der Waals surface area contributed by atoms with Crippen LogP contribution in [0.4, 0.5) is 5.69 Å². The van der Waals surface area contributed by atoms with Gasteiger partial charge in [0.2, 0.25) is 5.89 Å². The molecule has 0 N–H and O–H groups in total. The number of likely N-dealkylation sites (tertiary alicyclic amines) is 1. The topological polar surface area (TPSA) is 96.6 Å². The minimum absolute atomic E-state index is 0.0672. The first-order valence-corrected chi connectivity index (χ1v) is 12.5. The fourth-order valence-electron chi connectivity index (χ4n) is 3.61. The Bertz CT molecular complexity index is 1180. The maximum Gasteiger partial charge on any atom is 0.311 e. The van der Waals surface area contributed by atoms with Gasteiger partial charge in [-0.15, -0.1) is 21.5 Å². The van der Waals surface area contributed by atoms with Crippen LogP contribution in [-0.2, 0) is 10.0 Å². The summed E-state index contributed by atoms with van der Waals surface area (Å²) in [6.45, 7) is 5.39. The second kappa shape index (κ2) is 8.80. The number of amides is 1. The number of nitrogens with zero attached hydrogens (tertiary/aromatic N) is 4. The molecule has 2 aromatic heterocycles. The number of rotatable bonds is 6. The van der Waals surface area contributed by atoms with Crippen LogP contribution in [0.3, 0.4) is 0 Å². The van der Waals surface area contributed by atoms with E-state index in [-0.39, 0.29) is 21.9 Å². The largest absolute Gasteiger partial charge is 0.412 e. The van der Waals surface area contributed by atoms with Crippen LogP contribution in [0.25, 0.3) is 11.5 Å². The molecule has 1 aliphatic rings. The molecule has 1 amide bonds. The lowest BCUT2D eigenvalue weighted by Crippen LogP contribution is -2.35. The lowest BCUT2D eigenvalue weighted by Gasteiger charge is -2.24. The lowest BCUT2D eigenvalue weighted by atomic mass is 10.1. The van der Waals surface area contributed by atoms with Gasteiger partial charge in [0.25, 0.3) is 10.0 Å². The van der Waals surface area contributed by atoms with Crippen LogP contribution in [0, 0.1) is 6.92 Å². The zero-order valence-corrected chi connectivity index (χ0v) is 19.1.